The molecule has 6 heteroatoms. The third-order valence-electron chi connectivity index (χ3n) is 5.99. The highest BCUT2D eigenvalue weighted by molar-refractivity contribution is 7.07. The second-order valence-electron chi connectivity index (χ2n) is 7.51. The standard InChI is InChI=1S/C20H22N4OS/c25-19(18-15-3-1-2-4-16(15)22-23-18)24(12-14-5-10-26-13-14)17-11-20(17)6-8-21-9-7-20/h1-5,10,13,17,21H,6-9,11-12H2,(H,22,23). The minimum Gasteiger partial charge on any atom is -0.329 e. The molecule has 1 spiro atoms. The van der Waals surface area contributed by atoms with E-state index in [1.165, 1.54) is 5.56 Å². The van der Waals surface area contributed by atoms with Crippen LogP contribution in [0.3, 0.4) is 0 Å². The number of hydrogen-bond donors (Lipinski definition) is 2. The number of piperidine rings is 1. The number of benzene rings is 1. The van der Waals surface area contributed by atoms with E-state index in [9.17, 15) is 4.79 Å². The lowest BCUT2D eigenvalue weighted by molar-refractivity contribution is 0.0688. The second kappa shape index (κ2) is 6.21. The van der Waals surface area contributed by atoms with Gasteiger partial charge in [-0.15, -0.1) is 0 Å². The first kappa shape index (κ1) is 16.0. The molecule has 2 aromatic heterocycles. The fourth-order valence-electron chi connectivity index (χ4n) is 4.39. The molecule has 1 saturated carbocycles. The Morgan fingerprint density at radius 1 is 1.27 bits per heavy atom. The van der Waals surface area contributed by atoms with Gasteiger partial charge < -0.3 is 10.2 Å². The van der Waals surface area contributed by atoms with E-state index in [1.807, 2.05) is 24.3 Å². The number of carbonyl (C=O) groups is 1. The third-order valence-corrected chi connectivity index (χ3v) is 6.72. The molecule has 5 rings (SSSR count). The summed E-state index contributed by atoms with van der Waals surface area (Å²) < 4.78 is 0. The number of rotatable bonds is 4. The summed E-state index contributed by atoms with van der Waals surface area (Å²) in [6, 6.07) is 10.3. The Balaban J connectivity index is 1.48. The summed E-state index contributed by atoms with van der Waals surface area (Å²) >= 11 is 1.68. The van der Waals surface area contributed by atoms with Crippen LogP contribution >= 0.6 is 11.3 Å². The number of para-hydroxylation sites is 1. The summed E-state index contributed by atoms with van der Waals surface area (Å²) in [7, 11) is 0. The van der Waals surface area contributed by atoms with Gasteiger partial charge in [-0.3, -0.25) is 9.89 Å². The number of carbonyl (C=O) groups excluding carboxylic acids is 1. The summed E-state index contributed by atoms with van der Waals surface area (Å²) in [5.41, 5.74) is 2.98. The lowest BCUT2D eigenvalue weighted by atomic mass is 9.93. The van der Waals surface area contributed by atoms with E-state index in [1.54, 1.807) is 11.3 Å². The first-order valence-electron chi connectivity index (χ1n) is 9.23. The van der Waals surface area contributed by atoms with Crippen molar-refractivity contribution in [2.45, 2.75) is 31.8 Å². The lowest BCUT2D eigenvalue weighted by Crippen LogP contribution is -2.39. The van der Waals surface area contributed by atoms with Crippen molar-refractivity contribution in [3.8, 4) is 0 Å². The fourth-order valence-corrected chi connectivity index (χ4v) is 5.05. The Hall–Kier alpha value is -2.18. The van der Waals surface area contributed by atoms with Gasteiger partial charge in [-0.25, -0.2) is 0 Å². The van der Waals surface area contributed by atoms with E-state index >= 15 is 0 Å². The van der Waals surface area contributed by atoms with Gasteiger partial charge in [0.2, 0.25) is 0 Å². The van der Waals surface area contributed by atoms with Crippen LogP contribution in [-0.4, -0.2) is 40.1 Å². The zero-order valence-electron chi connectivity index (χ0n) is 14.6. The van der Waals surface area contributed by atoms with Gasteiger partial charge in [-0.05, 0) is 66.2 Å². The van der Waals surface area contributed by atoms with Crippen LogP contribution < -0.4 is 5.32 Å². The molecule has 2 aliphatic rings. The van der Waals surface area contributed by atoms with E-state index in [0.717, 1.165) is 43.3 Å². The quantitative estimate of drug-likeness (QED) is 0.744. The Morgan fingerprint density at radius 2 is 2.12 bits per heavy atom. The van der Waals surface area contributed by atoms with Crippen LogP contribution in [0.4, 0.5) is 0 Å². The molecule has 0 radical (unpaired) electrons. The highest BCUT2D eigenvalue weighted by atomic mass is 32.1. The predicted octanol–water partition coefficient (Wildman–Crippen LogP) is 3.41. The zero-order chi connectivity index (χ0) is 17.6. The van der Waals surface area contributed by atoms with Gasteiger partial charge in [0.05, 0.1) is 5.52 Å². The van der Waals surface area contributed by atoms with Gasteiger partial charge >= 0.3 is 0 Å². The zero-order valence-corrected chi connectivity index (χ0v) is 15.4. The van der Waals surface area contributed by atoms with Crippen LogP contribution in [0.15, 0.2) is 41.1 Å². The number of nitrogens with zero attached hydrogens (tertiary/aromatic N) is 2. The summed E-state index contributed by atoms with van der Waals surface area (Å²) in [6.45, 7) is 2.79. The highest BCUT2D eigenvalue weighted by Crippen LogP contribution is 2.56. The number of thiophene rings is 1. The van der Waals surface area contributed by atoms with Crippen molar-refractivity contribution >= 4 is 28.1 Å². The van der Waals surface area contributed by atoms with Crippen LogP contribution in [0.2, 0.25) is 0 Å². The first-order chi connectivity index (χ1) is 12.8. The maximum absolute atomic E-state index is 13.5. The average molecular weight is 366 g/mol. The maximum Gasteiger partial charge on any atom is 0.275 e. The van der Waals surface area contributed by atoms with E-state index in [0.29, 0.717) is 23.7 Å². The van der Waals surface area contributed by atoms with Crippen LogP contribution in [0.25, 0.3) is 10.9 Å². The molecule has 3 heterocycles. The SMILES string of the molecule is O=C(c1n[nH]c2ccccc12)N(Cc1ccsc1)C1CC12CCNCC2. The molecule has 5 nitrogen and oxygen atoms in total. The number of amides is 1. The van der Waals surface area contributed by atoms with Gasteiger partial charge in [0.15, 0.2) is 5.69 Å². The van der Waals surface area contributed by atoms with Crippen molar-refractivity contribution in [3.63, 3.8) is 0 Å². The van der Waals surface area contributed by atoms with Crippen LogP contribution in [-0.2, 0) is 6.54 Å². The molecule has 1 amide bonds. The van der Waals surface area contributed by atoms with E-state index in [2.05, 4.69) is 37.2 Å². The smallest absolute Gasteiger partial charge is 0.275 e. The molecule has 2 N–H and O–H groups in total. The molecule has 1 aromatic carbocycles. The Labute approximate surface area is 156 Å². The van der Waals surface area contributed by atoms with Crippen molar-refractivity contribution in [2.75, 3.05) is 13.1 Å². The van der Waals surface area contributed by atoms with E-state index in [-0.39, 0.29) is 5.91 Å². The molecular weight excluding hydrogens is 344 g/mol. The topological polar surface area (TPSA) is 61.0 Å². The lowest BCUT2D eigenvalue weighted by Gasteiger charge is -2.29. The molecule has 134 valence electrons. The van der Waals surface area contributed by atoms with Crippen molar-refractivity contribution in [1.29, 1.82) is 0 Å². The van der Waals surface area contributed by atoms with Crippen molar-refractivity contribution in [1.82, 2.24) is 20.4 Å². The van der Waals surface area contributed by atoms with Gasteiger partial charge in [0.25, 0.3) is 5.91 Å². The normalized spacial score (nSPS) is 21.2. The van der Waals surface area contributed by atoms with E-state index in [4.69, 9.17) is 0 Å². The Morgan fingerprint density at radius 3 is 2.92 bits per heavy atom. The van der Waals surface area contributed by atoms with Crippen molar-refractivity contribution < 1.29 is 4.79 Å². The molecule has 26 heavy (non-hydrogen) atoms. The van der Waals surface area contributed by atoms with Crippen molar-refractivity contribution in [2.24, 2.45) is 5.41 Å². The summed E-state index contributed by atoms with van der Waals surface area (Å²) in [5, 5.41) is 15.9. The van der Waals surface area contributed by atoms with Crippen LogP contribution in [0.1, 0.15) is 35.3 Å². The number of H-pyrrole nitrogens is 1. The van der Waals surface area contributed by atoms with Gasteiger partial charge in [-0.2, -0.15) is 16.4 Å². The predicted molar refractivity (Wildman–Crippen MR) is 103 cm³/mol. The first-order valence-corrected chi connectivity index (χ1v) is 10.2. The molecule has 1 aliphatic carbocycles. The molecule has 3 aromatic rings. The number of aromatic nitrogens is 2. The van der Waals surface area contributed by atoms with Gasteiger partial charge in [0.1, 0.15) is 0 Å². The Bertz CT molecular complexity index is 926. The largest absolute Gasteiger partial charge is 0.329 e. The molecule has 2 fully saturated rings. The Kier molecular flexibility index (Phi) is 3.83. The molecule has 1 aliphatic heterocycles. The molecule has 0 bridgehead atoms. The summed E-state index contributed by atoms with van der Waals surface area (Å²) in [5.74, 6) is 0.0501. The third kappa shape index (κ3) is 2.64. The minimum absolute atomic E-state index is 0.0501. The number of fused-ring (bicyclic) bond motifs is 1. The number of nitrogens with one attached hydrogen (secondary N) is 2. The average Bonchev–Trinajstić information content (AvgIpc) is 3.08. The molecule has 1 saturated heterocycles. The van der Waals surface area contributed by atoms with Gasteiger partial charge in [-0.1, -0.05) is 18.2 Å². The summed E-state index contributed by atoms with van der Waals surface area (Å²) in [6.07, 6.45) is 3.44. The second-order valence-corrected chi connectivity index (χ2v) is 8.29. The maximum atomic E-state index is 13.5. The van der Waals surface area contributed by atoms with E-state index < -0.39 is 0 Å². The van der Waals surface area contributed by atoms with Gasteiger partial charge in [0, 0.05) is 18.0 Å². The molecule has 1 unspecified atom stereocenters. The minimum atomic E-state index is 0.0501. The highest BCUT2D eigenvalue weighted by Gasteiger charge is 2.58. The molecular formula is C20H22N4OS. The van der Waals surface area contributed by atoms with Crippen molar-refractivity contribution in [3.05, 3.63) is 52.3 Å². The molecule has 1 atom stereocenters. The summed E-state index contributed by atoms with van der Waals surface area (Å²) in [4.78, 5) is 15.6. The van der Waals surface area contributed by atoms with Crippen LogP contribution in [0.5, 0.6) is 0 Å². The monoisotopic (exact) mass is 366 g/mol. The fraction of sp³-hybridized carbons (Fsp3) is 0.400. The number of hydrogen-bond acceptors (Lipinski definition) is 4. The number of aromatic amines is 1. The van der Waals surface area contributed by atoms with Crippen LogP contribution in [0, 0.1) is 5.41 Å².